The van der Waals surface area contributed by atoms with Crippen molar-refractivity contribution in [3.63, 3.8) is 0 Å². The third kappa shape index (κ3) is 2.85. The van der Waals surface area contributed by atoms with E-state index in [0.717, 1.165) is 23.1 Å². The summed E-state index contributed by atoms with van der Waals surface area (Å²) in [5.41, 5.74) is 2.87. The fourth-order valence-corrected chi connectivity index (χ4v) is 2.85. The molecule has 6 heteroatoms. The lowest BCUT2D eigenvalue weighted by Gasteiger charge is -2.27. The molecule has 0 aliphatic carbocycles. The first-order valence-corrected chi connectivity index (χ1v) is 7.24. The molecule has 1 aliphatic rings. The van der Waals surface area contributed by atoms with Crippen LogP contribution < -0.4 is 9.47 Å². The topological polar surface area (TPSA) is 70.8 Å². The Bertz CT molecular complexity index is 744. The largest absolute Gasteiger partial charge is 0.493 e. The van der Waals surface area contributed by atoms with Crippen molar-refractivity contribution in [2.75, 3.05) is 20.8 Å². The fourth-order valence-electron chi connectivity index (χ4n) is 2.85. The molecular formula is C17H17NO5. The van der Waals surface area contributed by atoms with Gasteiger partial charge in [-0.15, -0.1) is 0 Å². The van der Waals surface area contributed by atoms with Gasteiger partial charge in [-0.1, -0.05) is 12.1 Å². The maximum Gasteiger partial charge on any atom is 0.269 e. The second-order valence-corrected chi connectivity index (χ2v) is 5.26. The Labute approximate surface area is 133 Å². The van der Waals surface area contributed by atoms with E-state index in [1.165, 1.54) is 6.07 Å². The molecule has 23 heavy (non-hydrogen) atoms. The number of nitro groups is 1. The van der Waals surface area contributed by atoms with Gasteiger partial charge in [0.1, 0.15) is 6.10 Å². The molecule has 1 heterocycles. The Morgan fingerprint density at radius 3 is 2.61 bits per heavy atom. The van der Waals surface area contributed by atoms with Crippen LogP contribution in [0.25, 0.3) is 0 Å². The number of rotatable bonds is 4. The number of nitrogens with zero attached hydrogens (tertiary/aromatic N) is 1. The molecule has 2 aromatic rings. The molecule has 0 aromatic heterocycles. The Kier molecular flexibility index (Phi) is 4.16. The highest BCUT2D eigenvalue weighted by atomic mass is 16.6. The summed E-state index contributed by atoms with van der Waals surface area (Å²) < 4.78 is 16.6. The van der Waals surface area contributed by atoms with Crippen molar-refractivity contribution in [2.24, 2.45) is 0 Å². The van der Waals surface area contributed by atoms with Crippen LogP contribution in [0.4, 0.5) is 5.69 Å². The van der Waals surface area contributed by atoms with E-state index >= 15 is 0 Å². The molecule has 120 valence electrons. The molecule has 0 amide bonds. The van der Waals surface area contributed by atoms with Crippen LogP contribution in [0.1, 0.15) is 22.8 Å². The molecular weight excluding hydrogens is 298 g/mol. The molecule has 1 atom stereocenters. The summed E-state index contributed by atoms with van der Waals surface area (Å²) in [6.45, 7) is 0.551. The van der Waals surface area contributed by atoms with E-state index in [4.69, 9.17) is 14.2 Å². The zero-order valence-corrected chi connectivity index (χ0v) is 12.9. The molecule has 6 nitrogen and oxygen atoms in total. The van der Waals surface area contributed by atoms with Gasteiger partial charge in [0.05, 0.1) is 25.7 Å². The van der Waals surface area contributed by atoms with E-state index in [1.54, 1.807) is 26.4 Å². The molecule has 0 spiro atoms. The predicted octanol–water partition coefficient (Wildman–Crippen LogP) is 3.27. The summed E-state index contributed by atoms with van der Waals surface area (Å²) in [7, 11) is 3.18. The van der Waals surface area contributed by atoms with Gasteiger partial charge in [0.2, 0.25) is 0 Å². The zero-order chi connectivity index (χ0) is 16.4. The Morgan fingerprint density at radius 1 is 1.17 bits per heavy atom. The molecule has 0 saturated heterocycles. The van der Waals surface area contributed by atoms with E-state index in [-0.39, 0.29) is 11.8 Å². The smallest absolute Gasteiger partial charge is 0.269 e. The summed E-state index contributed by atoms with van der Waals surface area (Å²) in [5.74, 6) is 1.29. The third-order valence-electron chi connectivity index (χ3n) is 3.97. The number of benzene rings is 2. The number of methoxy groups -OCH3 is 2. The van der Waals surface area contributed by atoms with E-state index in [1.807, 2.05) is 18.2 Å². The second-order valence-electron chi connectivity index (χ2n) is 5.26. The first-order chi connectivity index (χ1) is 11.1. The highest BCUT2D eigenvalue weighted by Crippen LogP contribution is 2.40. The van der Waals surface area contributed by atoms with Crippen LogP contribution in [0.2, 0.25) is 0 Å². The van der Waals surface area contributed by atoms with Gasteiger partial charge in [-0.3, -0.25) is 10.1 Å². The van der Waals surface area contributed by atoms with Crippen molar-refractivity contribution in [1.29, 1.82) is 0 Å². The van der Waals surface area contributed by atoms with Crippen molar-refractivity contribution in [1.82, 2.24) is 0 Å². The lowest BCUT2D eigenvalue weighted by molar-refractivity contribution is -0.385. The minimum atomic E-state index is -0.401. The summed E-state index contributed by atoms with van der Waals surface area (Å²) in [5, 5.41) is 11.0. The first kappa shape index (κ1) is 15.3. The van der Waals surface area contributed by atoms with Gasteiger partial charge >= 0.3 is 0 Å². The van der Waals surface area contributed by atoms with Crippen molar-refractivity contribution >= 4 is 5.69 Å². The number of fused-ring (bicyclic) bond motifs is 1. The molecule has 0 radical (unpaired) electrons. The maximum atomic E-state index is 11.0. The van der Waals surface area contributed by atoms with Gasteiger partial charge in [0.15, 0.2) is 11.5 Å². The van der Waals surface area contributed by atoms with Gasteiger partial charge in [0.25, 0.3) is 5.69 Å². The van der Waals surface area contributed by atoms with Crippen LogP contribution in [0.3, 0.4) is 0 Å². The quantitative estimate of drug-likeness (QED) is 0.639. The van der Waals surface area contributed by atoms with E-state index in [9.17, 15) is 10.1 Å². The minimum absolute atomic E-state index is 0.0544. The van der Waals surface area contributed by atoms with Gasteiger partial charge in [-0.2, -0.15) is 0 Å². The van der Waals surface area contributed by atoms with Crippen molar-refractivity contribution in [2.45, 2.75) is 12.5 Å². The third-order valence-corrected chi connectivity index (χ3v) is 3.97. The lowest BCUT2D eigenvalue weighted by atomic mass is 9.92. The summed E-state index contributed by atoms with van der Waals surface area (Å²) >= 11 is 0. The average molecular weight is 315 g/mol. The lowest BCUT2D eigenvalue weighted by Crippen LogP contribution is -2.18. The van der Waals surface area contributed by atoms with Crippen molar-refractivity contribution in [3.8, 4) is 11.5 Å². The van der Waals surface area contributed by atoms with Crippen LogP contribution >= 0.6 is 0 Å². The Hall–Kier alpha value is -2.60. The van der Waals surface area contributed by atoms with Gasteiger partial charge in [-0.05, 0) is 35.2 Å². The number of nitro benzene ring substituents is 1. The molecule has 0 saturated carbocycles. The highest BCUT2D eigenvalue weighted by molar-refractivity contribution is 5.51. The minimum Gasteiger partial charge on any atom is -0.493 e. The normalized spacial score (nSPS) is 16.5. The Balaban J connectivity index is 2.07. The molecule has 0 bridgehead atoms. The van der Waals surface area contributed by atoms with Crippen molar-refractivity contribution in [3.05, 3.63) is 63.2 Å². The van der Waals surface area contributed by atoms with E-state index < -0.39 is 4.92 Å². The van der Waals surface area contributed by atoms with Crippen LogP contribution in [0.15, 0.2) is 36.4 Å². The summed E-state index contributed by atoms with van der Waals surface area (Å²) in [6, 6.07) is 10.4. The molecule has 2 aromatic carbocycles. The van der Waals surface area contributed by atoms with Gasteiger partial charge in [0, 0.05) is 12.1 Å². The van der Waals surface area contributed by atoms with E-state index in [0.29, 0.717) is 18.1 Å². The first-order valence-electron chi connectivity index (χ1n) is 7.24. The fraction of sp³-hybridized carbons (Fsp3) is 0.294. The maximum absolute atomic E-state index is 11.0. The average Bonchev–Trinajstić information content (AvgIpc) is 2.59. The summed E-state index contributed by atoms with van der Waals surface area (Å²) in [6.07, 6.45) is 0.416. The second kappa shape index (κ2) is 6.26. The standard InChI is InChI=1S/C17H17NO5/c1-21-15-9-11-6-7-23-17(14(11)10-16(15)22-2)12-4-3-5-13(8-12)18(19)20/h3-5,8-10,17H,6-7H2,1-2H3. The molecule has 1 unspecified atom stereocenters. The van der Waals surface area contributed by atoms with Crippen LogP contribution in [-0.2, 0) is 11.2 Å². The van der Waals surface area contributed by atoms with Gasteiger partial charge < -0.3 is 14.2 Å². The predicted molar refractivity (Wildman–Crippen MR) is 84.1 cm³/mol. The van der Waals surface area contributed by atoms with Crippen LogP contribution in [0.5, 0.6) is 11.5 Å². The number of ether oxygens (including phenoxy) is 3. The molecule has 0 fully saturated rings. The zero-order valence-electron chi connectivity index (χ0n) is 12.9. The highest BCUT2D eigenvalue weighted by Gasteiger charge is 2.26. The van der Waals surface area contributed by atoms with E-state index in [2.05, 4.69) is 0 Å². The molecule has 0 N–H and O–H groups in total. The molecule has 3 rings (SSSR count). The summed E-state index contributed by atoms with van der Waals surface area (Å²) in [4.78, 5) is 10.6. The molecule has 1 aliphatic heterocycles. The van der Waals surface area contributed by atoms with Crippen LogP contribution in [-0.4, -0.2) is 25.7 Å². The van der Waals surface area contributed by atoms with Crippen LogP contribution in [0, 0.1) is 10.1 Å². The number of hydrogen-bond acceptors (Lipinski definition) is 5. The Morgan fingerprint density at radius 2 is 1.91 bits per heavy atom. The number of hydrogen-bond donors (Lipinski definition) is 0. The monoisotopic (exact) mass is 315 g/mol. The van der Waals surface area contributed by atoms with Gasteiger partial charge in [-0.25, -0.2) is 0 Å². The number of non-ortho nitro benzene ring substituents is 1. The SMILES string of the molecule is COc1cc2c(cc1OC)C(c1cccc([N+](=O)[O-])c1)OCC2. The van der Waals surface area contributed by atoms with Crippen molar-refractivity contribution < 1.29 is 19.1 Å².